The van der Waals surface area contributed by atoms with Gasteiger partial charge < -0.3 is 14.9 Å². The van der Waals surface area contributed by atoms with Crippen LogP contribution in [0, 0.1) is 0 Å². The van der Waals surface area contributed by atoms with Gasteiger partial charge in [0.15, 0.2) is 0 Å². The maximum absolute atomic E-state index is 11.4. The molecule has 0 fully saturated rings. The van der Waals surface area contributed by atoms with Crippen molar-refractivity contribution in [3.05, 3.63) is 57.3 Å². The summed E-state index contributed by atoms with van der Waals surface area (Å²) >= 11 is 5.74. The summed E-state index contributed by atoms with van der Waals surface area (Å²) in [6.07, 6.45) is 0. The second-order valence-corrected chi connectivity index (χ2v) is 3.85. The fourth-order valence-corrected chi connectivity index (χ4v) is 1.56. The quantitative estimate of drug-likeness (QED) is 0.864. The number of aromatic carboxylic acids is 1. The van der Waals surface area contributed by atoms with Crippen molar-refractivity contribution in [2.45, 2.75) is 0 Å². The fraction of sp³-hybridized carbons (Fsp3) is 0. The molecular weight excluding hydrogens is 242 g/mol. The Kier molecular flexibility index (Phi) is 2.97. The van der Waals surface area contributed by atoms with Crippen molar-refractivity contribution in [1.29, 1.82) is 0 Å². The lowest BCUT2D eigenvalue weighted by Crippen LogP contribution is -2.29. The molecule has 0 aliphatic carbocycles. The summed E-state index contributed by atoms with van der Waals surface area (Å²) in [7, 11) is 0. The fourth-order valence-electron chi connectivity index (χ4n) is 1.43. The van der Waals surface area contributed by atoms with E-state index in [4.69, 9.17) is 11.6 Å². The van der Waals surface area contributed by atoms with Crippen LogP contribution >= 0.6 is 11.6 Å². The van der Waals surface area contributed by atoms with Crippen LogP contribution in [-0.4, -0.2) is 11.0 Å². The van der Waals surface area contributed by atoms with E-state index in [1.165, 1.54) is 12.1 Å². The number of hydrogen-bond acceptors (Lipinski definition) is 3. The van der Waals surface area contributed by atoms with E-state index in [1.807, 2.05) is 0 Å². The molecule has 0 bridgehead atoms. The Morgan fingerprint density at radius 3 is 2.29 bits per heavy atom. The van der Waals surface area contributed by atoms with Crippen molar-refractivity contribution in [3.8, 4) is 11.3 Å². The zero-order chi connectivity index (χ0) is 12.4. The molecule has 86 valence electrons. The van der Waals surface area contributed by atoms with Crippen LogP contribution in [0.4, 0.5) is 0 Å². The van der Waals surface area contributed by atoms with Crippen molar-refractivity contribution in [2.75, 3.05) is 0 Å². The number of hydrogen-bond donors (Lipinski definition) is 1. The van der Waals surface area contributed by atoms with E-state index in [0.717, 1.165) is 5.56 Å². The van der Waals surface area contributed by atoms with Gasteiger partial charge in [-0.2, -0.15) is 0 Å². The summed E-state index contributed by atoms with van der Waals surface area (Å²) in [6, 6.07) is 9.55. The molecular formula is C12H7ClNO3-. The number of pyridine rings is 1. The molecule has 0 saturated heterocycles. The number of nitrogens with one attached hydrogen (secondary N) is 1. The van der Waals surface area contributed by atoms with Crippen LogP contribution in [0.5, 0.6) is 0 Å². The van der Waals surface area contributed by atoms with Gasteiger partial charge in [-0.05, 0) is 29.8 Å². The monoisotopic (exact) mass is 248 g/mol. The minimum atomic E-state index is -1.49. The van der Waals surface area contributed by atoms with Crippen molar-refractivity contribution in [3.63, 3.8) is 0 Å². The SMILES string of the molecule is O=C([O-])c1ccc(-c2ccc(Cl)cc2)[nH]c1=O. The van der Waals surface area contributed by atoms with Crippen molar-refractivity contribution < 1.29 is 9.90 Å². The number of carbonyl (C=O) groups is 1. The molecule has 0 aliphatic heterocycles. The number of benzene rings is 1. The Balaban J connectivity index is 2.48. The number of rotatable bonds is 2. The Morgan fingerprint density at radius 1 is 1.12 bits per heavy atom. The average Bonchev–Trinajstić information content (AvgIpc) is 2.29. The maximum Gasteiger partial charge on any atom is 0.257 e. The third-order valence-corrected chi connectivity index (χ3v) is 2.54. The van der Waals surface area contributed by atoms with E-state index in [1.54, 1.807) is 24.3 Å². The van der Waals surface area contributed by atoms with Crippen LogP contribution < -0.4 is 10.7 Å². The average molecular weight is 249 g/mol. The smallest absolute Gasteiger partial charge is 0.257 e. The molecule has 5 heteroatoms. The van der Waals surface area contributed by atoms with Crippen LogP contribution in [0.3, 0.4) is 0 Å². The van der Waals surface area contributed by atoms with Crippen LogP contribution in [0.15, 0.2) is 41.2 Å². The predicted molar refractivity (Wildman–Crippen MR) is 61.8 cm³/mol. The third-order valence-electron chi connectivity index (χ3n) is 2.28. The highest BCUT2D eigenvalue weighted by Crippen LogP contribution is 2.18. The van der Waals surface area contributed by atoms with Crippen molar-refractivity contribution >= 4 is 17.6 Å². The molecule has 2 aromatic rings. The highest BCUT2D eigenvalue weighted by Gasteiger charge is 2.03. The van der Waals surface area contributed by atoms with Crippen LogP contribution in [0.25, 0.3) is 11.3 Å². The van der Waals surface area contributed by atoms with Gasteiger partial charge in [0, 0.05) is 10.7 Å². The van der Waals surface area contributed by atoms with Crippen LogP contribution in [-0.2, 0) is 0 Å². The zero-order valence-electron chi connectivity index (χ0n) is 8.57. The number of carboxylic acid groups (broad SMARTS) is 1. The lowest BCUT2D eigenvalue weighted by atomic mass is 10.1. The van der Waals surface area contributed by atoms with Gasteiger partial charge >= 0.3 is 0 Å². The Morgan fingerprint density at radius 2 is 1.76 bits per heavy atom. The molecule has 17 heavy (non-hydrogen) atoms. The van der Waals surface area contributed by atoms with Gasteiger partial charge in [0.2, 0.25) is 0 Å². The first-order valence-electron chi connectivity index (χ1n) is 4.78. The summed E-state index contributed by atoms with van der Waals surface area (Å²) in [5, 5.41) is 11.2. The first-order chi connectivity index (χ1) is 8.08. The standard InChI is InChI=1S/C12H8ClNO3/c13-8-3-1-7(2-4-8)10-6-5-9(12(16)17)11(15)14-10/h1-6H,(H,14,15)(H,16,17)/p-1. The van der Waals surface area contributed by atoms with Crippen molar-refractivity contribution in [2.24, 2.45) is 0 Å². The van der Waals surface area contributed by atoms with E-state index in [-0.39, 0.29) is 5.56 Å². The van der Waals surface area contributed by atoms with Gasteiger partial charge in [-0.3, -0.25) is 4.79 Å². The third kappa shape index (κ3) is 2.37. The Bertz CT molecular complexity index is 616. The largest absolute Gasteiger partial charge is 0.545 e. The Labute approximate surface area is 101 Å². The number of H-pyrrole nitrogens is 1. The first kappa shape index (κ1) is 11.4. The normalized spacial score (nSPS) is 10.2. The summed E-state index contributed by atoms with van der Waals surface area (Å²) in [5.41, 5.74) is 0.202. The topological polar surface area (TPSA) is 73.0 Å². The first-order valence-corrected chi connectivity index (χ1v) is 5.16. The number of aromatic amines is 1. The van der Waals surface area contributed by atoms with Gasteiger partial charge in [0.05, 0.1) is 11.5 Å². The lowest BCUT2D eigenvalue weighted by Gasteiger charge is -2.04. The van der Waals surface area contributed by atoms with E-state index in [0.29, 0.717) is 10.7 Å². The molecule has 0 radical (unpaired) electrons. The van der Waals surface area contributed by atoms with Gasteiger partial charge in [0.25, 0.3) is 5.56 Å². The van der Waals surface area contributed by atoms with Gasteiger partial charge in [-0.15, -0.1) is 0 Å². The molecule has 0 spiro atoms. The lowest BCUT2D eigenvalue weighted by molar-refractivity contribution is -0.255. The highest BCUT2D eigenvalue weighted by molar-refractivity contribution is 6.30. The van der Waals surface area contributed by atoms with E-state index < -0.39 is 11.5 Å². The summed E-state index contributed by atoms with van der Waals surface area (Å²) in [4.78, 5) is 24.5. The van der Waals surface area contributed by atoms with E-state index in [2.05, 4.69) is 4.98 Å². The highest BCUT2D eigenvalue weighted by atomic mass is 35.5. The van der Waals surface area contributed by atoms with E-state index in [9.17, 15) is 14.7 Å². The van der Waals surface area contributed by atoms with Crippen LogP contribution in [0.2, 0.25) is 5.02 Å². The van der Waals surface area contributed by atoms with E-state index >= 15 is 0 Å². The molecule has 2 rings (SSSR count). The molecule has 1 aromatic heterocycles. The van der Waals surface area contributed by atoms with Crippen LogP contribution in [0.1, 0.15) is 10.4 Å². The molecule has 0 saturated carbocycles. The summed E-state index contributed by atoms with van der Waals surface area (Å²) in [5.74, 6) is -1.49. The maximum atomic E-state index is 11.4. The molecule has 4 nitrogen and oxygen atoms in total. The second-order valence-electron chi connectivity index (χ2n) is 3.41. The zero-order valence-corrected chi connectivity index (χ0v) is 9.32. The van der Waals surface area contributed by atoms with Crippen molar-refractivity contribution in [1.82, 2.24) is 4.98 Å². The number of carbonyl (C=O) groups excluding carboxylic acids is 1. The number of carboxylic acids is 1. The molecule has 1 heterocycles. The molecule has 1 aromatic carbocycles. The molecule has 0 unspecified atom stereocenters. The minimum Gasteiger partial charge on any atom is -0.545 e. The van der Waals surface area contributed by atoms with Gasteiger partial charge in [0.1, 0.15) is 0 Å². The Hall–Kier alpha value is -2.07. The number of halogens is 1. The summed E-state index contributed by atoms with van der Waals surface area (Å²) in [6.45, 7) is 0. The molecule has 0 amide bonds. The minimum absolute atomic E-state index is 0.386. The number of aromatic nitrogens is 1. The predicted octanol–water partition coefficient (Wildman–Crippen LogP) is 1.06. The van der Waals surface area contributed by atoms with Gasteiger partial charge in [-0.25, -0.2) is 0 Å². The summed E-state index contributed by atoms with van der Waals surface area (Å²) < 4.78 is 0. The molecule has 0 atom stereocenters. The second kappa shape index (κ2) is 4.43. The van der Waals surface area contributed by atoms with Gasteiger partial charge in [-0.1, -0.05) is 23.7 Å². The molecule has 1 N–H and O–H groups in total. The molecule has 0 aliphatic rings.